The molecule has 4 heteroatoms. The molecular weight excluding hydrogens is 187 g/mol. The molecule has 0 saturated heterocycles. The normalized spacial score (nSPS) is 5.18. The van der Waals surface area contributed by atoms with Crippen molar-refractivity contribution >= 4 is 20.4 Å². The Labute approximate surface area is 75.0 Å². The van der Waals surface area contributed by atoms with E-state index in [2.05, 4.69) is 43.0 Å². The van der Waals surface area contributed by atoms with Crippen molar-refractivity contribution in [3.05, 3.63) is 23.7 Å². The first kappa shape index (κ1) is 22.5. The van der Waals surface area contributed by atoms with Crippen molar-refractivity contribution in [1.29, 1.82) is 0 Å². The van der Waals surface area contributed by atoms with Crippen LogP contribution in [0.15, 0.2) is 23.7 Å². The average Bonchev–Trinajstić information content (AvgIpc) is 2.16. The largest absolute Gasteiger partial charge is 0.281 e. The molecule has 3 nitrogen and oxygen atoms in total. The minimum absolute atomic E-state index is 1.70. The molecule has 0 aromatic carbocycles. The molecule has 0 aliphatic carbocycles. The fourth-order valence-electron chi connectivity index (χ4n) is 0.0514. The molecule has 0 spiro atoms. The predicted molar refractivity (Wildman–Crippen MR) is 36.4 cm³/mol. The van der Waals surface area contributed by atoms with Gasteiger partial charge in [-0.2, -0.15) is 0 Å². The summed E-state index contributed by atoms with van der Waals surface area (Å²) in [6.07, 6.45) is 3.51. The maximum atomic E-state index is 7.50. The molecule has 0 aromatic rings. The van der Waals surface area contributed by atoms with Gasteiger partial charge in [0.15, 0.2) is 0 Å². The van der Waals surface area contributed by atoms with Crippen LogP contribution in [0.2, 0.25) is 0 Å². The summed E-state index contributed by atoms with van der Waals surface area (Å²) in [7, 11) is 0. The van der Waals surface area contributed by atoms with Crippen molar-refractivity contribution in [2.75, 3.05) is 0 Å². The quantitative estimate of drug-likeness (QED) is 0.435. The second kappa shape index (κ2) is 143. The van der Waals surface area contributed by atoms with E-state index in [1.54, 1.807) is 17.1 Å². The molecule has 0 saturated carbocycles. The van der Waals surface area contributed by atoms with Crippen LogP contribution in [-0.4, -0.2) is 20.4 Å². The number of allylic oxidation sites excluding steroid dienone is 2. The van der Waals surface area contributed by atoms with Crippen molar-refractivity contribution in [2.45, 2.75) is 0 Å². The van der Waals surface area contributed by atoms with E-state index in [0.29, 0.717) is 0 Å². The molecule has 0 aliphatic heterocycles. The van der Waals surface area contributed by atoms with Crippen LogP contribution < -0.4 is 0 Å². The van der Waals surface area contributed by atoms with E-state index >= 15 is 0 Å². The Morgan fingerprint density at radius 3 is 1.27 bits per heavy atom. The number of rotatable bonds is 1. The van der Waals surface area contributed by atoms with Gasteiger partial charge in [0, 0.05) is 0 Å². The summed E-state index contributed by atoms with van der Waals surface area (Å²) in [6, 6.07) is 0. The van der Waals surface area contributed by atoms with Gasteiger partial charge in [0.05, 0.1) is 0 Å². The van der Waals surface area contributed by atoms with E-state index in [1.807, 2.05) is 0 Å². The summed E-state index contributed by atoms with van der Waals surface area (Å²) in [4.78, 5) is 24.2. The van der Waals surface area contributed by atoms with Crippen LogP contribution in [0.4, 0.5) is 0 Å². The van der Waals surface area contributed by atoms with Crippen LogP contribution in [0, 0.1) is 0 Å². The van der Waals surface area contributed by atoms with Gasteiger partial charge in [-0.05, 0) is 0 Å². The fourth-order valence-corrected chi connectivity index (χ4v) is 0.212. The third-order valence-corrected chi connectivity index (χ3v) is 0.436. The third-order valence-electron chi connectivity index (χ3n) is 0.209. The zero-order valence-corrected chi connectivity index (χ0v) is 6.72. The molecule has 0 aliphatic rings. The molecule has 0 rings (SSSR count). The van der Waals surface area contributed by atoms with Gasteiger partial charge < -0.3 is 0 Å². The first-order valence-electron chi connectivity index (χ1n) is 1.91. The monoisotopic (exact) mass is 192 g/mol. The Hall–Kier alpha value is -0.991. The van der Waals surface area contributed by atoms with E-state index in [4.69, 9.17) is 14.4 Å². The second-order valence-corrected chi connectivity index (χ2v) is 0.948. The zero-order valence-electron chi connectivity index (χ0n) is 5.54. The van der Waals surface area contributed by atoms with Gasteiger partial charge in [-0.15, -0.1) is 0 Å². The maximum absolute atomic E-state index is 7.50. The first-order chi connectivity index (χ1) is 5.41. The molecule has 0 atom stereocenters. The predicted octanol–water partition coefficient (Wildman–Crippen LogP) is 0.0416. The van der Waals surface area contributed by atoms with E-state index in [-0.39, 0.29) is 0 Å². The van der Waals surface area contributed by atoms with E-state index in [1.165, 1.54) is 0 Å². The Balaban J connectivity index is -0.0000000350. The molecule has 58 valence electrons. The van der Waals surface area contributed by atoms with Gasteiger partial charge >= 0.3 is 39.7 Å². The summed E-state index contributed by atoms with van der Waals surface area (Å²) < 4.78 is 0. The van der Waals surface area contributed by atoms with Gasteiger partial charge in [0.1, 0.15) is 0 Å². The van der Waals surface area contributed by atoms with Crippen LogP contribution in [0.25, 0.3) is 0 Å². The molecule has 0 N–H and O–H groups in total. The van der Waals surface area contributed by atoms with Gasteiger partial charge in [-0.3, -0.25) is 14.4 Å². The second-order valence-electron chi connectivity index (χ2n) is 0.554. The van der Waals surface area contributed by atoms with E-state index < -0.39 is 0 Å². The van der Waals surface area contributed by atoms with Crippen LogP contribution in [-0.2, 0) is 30.4 Å². The van der Waals surface area contributed by atoms with E-state index in [0.717, 1.165) is 0 Å². The molecule has 11 heavy (non-hydrogen) atoms. The Bertz CT molecular complexity index is 79.0. The minimum atomic E-state index is 1.70. The number of hydrogen-bond donors (Lipinski definition) is 0. The molecule has 0 heterocycles. The Morgan fingerprint density at radius 2 is 1.27 bits per heavy atom. The van der Waals surface area contributed by atoms with Crippen LogP contribution >= 0.6 is 0 Å². The molecule has 0 aromatic heterocycles. The fraction of sp³-hybridized carbons (Fsp3) is 0. The van der Waals surface area contributed by atoms with Crippen molar-refractivity contribution in [3.63, 3.8) is 0 Å². The van der Waals surface area contributed by atoms with Gasteiger partial charge in [-0.25, -0.2) is 0 Å². The summed E-state index contributed by atoms with van der Waals surface area (Å²) >= 11 is 3.06. The Kier molecular flexibility index (Phi) is 293. The van der Waals surface area contributed by atoms with Gasteiger partial charge in [-0.1, -0.05) is 0 Å². The topological polar surface area (TPSA) is 51.2 Å². The van der Waals surface area contributed by atoms with Crippen molar-refractivity contribution in [2.24, 2.45) is 0 Å². The summed E-state index contributed by atoms with van der Waals surface area (Å²) in [5.41, 5.74) is 0. The van der Waals surface area contributed by atoms with E-state index in [9.17, 15) is 0 Å². The summed E-state index contributed by atoms with van der Waals surface area (Å²) in [5.74, 6) is 0. The molecule has 0 unspecified atom stereocenters. The summed E-state index contributed by atoms with van der Waals surface area (Å²) in [5, 5.41) is 0. The molecule has 0 fully saturated rings. The first-order valence-corrected chi connectivity index (χ1v) is 2.59. The SMILES string of the molecule is C=CC=[CH][Mn].[C]=O.[C]=O.[C]=O. The third kappa shape index (κ3) is 434. The standard InChI is InChI=1S/C4H5.3CO.Mn/c1-3-4-2;3*1-2;/h1,3-4H,2H2;;;;. The molecule has 0 amide bonds. The maximum Gasteiger partial charge on any atom is 0.281 e. The minimum Gasteiger partial charge on any atom is -0.281 e. The summed E-state index contributed by atoms with van der Waals surface area (Å²) in [6.45, 7) is 16.9. The smallest absolute Gasteiger partial charge is 0.281 e. The van der Waals surface area contributed by atoms with Crippen LogP contribution in [0.3, 0.4) is 0 Å². The van der Waals surface area contributed by atoms with Crippen molar-refractivity contribution < 1.29 is 30.4 Å². The van der Waals surface area contributed by atoms with Gasteiger partial charge in [0.25, 0.3) is 20.4 Å². The van der Waals surface area contributed by atoms with Crippen LogP contribution in [0.1, 0.15) is 0 Å². The van der Waals surface area contributed by atoms with Crippen molar-refractivity contribution in [3.8, 4) is 0 Å². The zero-order chi connectivity index (χ0) is 10.1. The Morgan fingerprint density at radius 1 is 1.00 bits per heavy atom. The average molecular weight is 192 g/mol. The molecule has 0 bridgehead atoms. The molecule has 6 radical (unpaired) electrons. The number of carbonyl (C=O) groups excluding carboxylic acids is 3. The number of hydrogen-bond acceptors (Lipinski definition) is 3. The van der Waals surface area contributed by atoms with Crippen LogP contribution in [0.5, 0.6) is 0 Å². The van der Waals surface area contributed by atoms with Gasteiger partial charge in [0.2, 0.25) is 0 Å². The molecular formula is C7H5MnO3. The van der Waals surface area contributed by atoms with Crippen molar-refractivity contribution in [1.82, 2.24) is 0 Å².